The summed E-state index contributed by atoms with van der Waals surface area (Å²) in [5.74, 6) is -0.572. The predicted molar refractivity (Wildman–Crippen MR) is 96.7 cm³/mol. The van der Waals surface area contributed by atoms with Crippen LogP contribution in [0.15, 0.2) is 47.6 Å². The Bertz CT molecular complexity index is 689. The summed E-state index contributed by atoms with van der Waals surface area (Å²) in [6.45, 7) is 5.69. The molecule has 6 heteroatoms. The van der Waals surface area contributed by atoms with Gasteiger partial charge in [-0.25, -0.2) is 8.78 Å². The van der Waals surface area contributed by atoms with E-state index in [4.69, 9.17) is 0 Å². The van der Waals surface area contributed by atoms with Gasteiger partial charge in [-0.3, -0.25) is 9.98 Å². The maximum Gasteiger partial charge on any atom is 0.191 e. The Balaban J connectivity index is 1.91. The average molecular weight is 346 g/mol. The molecule has 0 aliphatic carbocycles. The standard InChI is InChI=1S/C19H24F2N4/c1-3-22-19(24-11-9-16-6-4-5-10-23-16)25-13-14(2)17-8-7-15(20)12-18(17)21/h4-8,10,12,14H,3,9,11,13H2,1-2H3,(H2,22,24,25). The fourth-order valence-electron chi connectivity index (χ4n) is 2.42. The number of aliphatic imine (C=N–C) groups is 1. The van der Waals surface area contributed by atoms with E-state index >= 15 is 0 Å². The number of halogens is 2. The minimum atomic E-state index is -0.568. The van der Waals surface area contributed by atoms with Crippen LogP contribution >= 0.6 is 0 Å². The quantitative estimate of drug-likeness (QED) is 0.598. The van der Waals surface area contributed by atoms with Gasteiger partial charge < -0.3 is 10.6 Å². The van der Waals surface area contributed by atoms with Crippen molar-refractivity contribution in [2.75, 3.05) is 19.6 Å². The summed E-state index contributed by atoms with van der Waals surface area (Å²) in [4.78, 5) is 8.78. The number of guanidine groups is 1. The molecule has 0 radical (unpaired) electrons. The van der Waals surface area contributed by atoms with E-state index in [-0.39, 0.29) is 5.92 Å². The van der Waals surface area contributed by atoms with Crippen LogP contribution in [0.2, 0.25) is 0 Å². The topological polar surface area (TPSA) is 49.3 Å². The lowest BCUT2D eigenvalue weighted by atomic mass is 10.0. The van der Waals surface area contributed by atoms with Gasteiger partial charge in [0.1, 0.15) is 11.6 Å². The van der Waals surface area contributed by atoms with Crippen LogP contribution in [0.1, 0.15) is 31.0 Å². The highest BCUT2D eigenvalue weighted by Gasteiger charge is 2.11. The number of rotatable bonds is 7. The van der Waals surface area contributed by atoms with Crippen LogP contribution in [-0.4, -0.2) is 30.6 Å². The Labute approximate surface area is 147 Å². The van der Waals surface area contributed by atoms with Gasteiger partial charge in [-0.15, -0.1) is 0 Å². The molecule has 0 spiro atoms. The van der Waals surface area contributed by atoms with Crippen molar-refractivity contribution in [1.82, 2.24) is 15.6 Å². The van der Waals surface area contributed by atoms with Gasteiger partial charge in [-0.1, -0.05) is 19.1 Å². The Morgan fingerprint density at radius 2 is 2.04 bits per heavy atom. The summed E-state index contributed by atoms with van der Waals surface area (Å²) in [7, 11) is 0. The molecule has 0 fully saturated rings. The zero-order valence-corrected chi connectivity index (χ0v) is 14.6. The number of nitrogens with one attached hydrogen (secondary N) is 2. The van der Waals surface area contributed by atoms with Crippen molar-refractivity contribution in [1.29, 1.82) is 0 Å². The fourth-order valence-corrected chi connectivity index (χ4v) is 2.42. The minimum Gasteiger partial charge on any atom is -0.357 e. The summed E-state index contributed by atoms with van der Waals surface area (Å²) in [6, 6.07) is 9.48. The zero-order valence-electron chi connectivity index (χ0n) is 14.6. The summed E-state index contributed by atoms with van der Waals surface area (Å²) in [5.41, 5.74) is 1.47. The molecule has 2 rings (SSSR count). The zero-order chi connectivity index (χ0) is 18.1. The minimum absolute atomic E-state index is 0.146. The first-order valence-electron chi connectivity index (χ1n) is 8.47. The second-order valence-electron chi connectivity index (χ2n) is 5.78. The van der Waals surface area contributed by atoms with Crippen LogP contribution in [-0.2, 0) is 6.42 Å². The second-order valence-corrected chi connectivity index (χ2v) is 5.78. The summed E-state index contributed by atoms with van der Waals surface area (Å²) < 4.78 is 26.8. The van der Waals surface area contributed by atoms with Crippen LogP contribution in [0.5, 0.6) is 0 Å². The van der Waals surface area contributed by atoms with E-state index in [2.05, 4.69) is 20.6 Å². The SMILES string of the molecule is CCNC(=NCC(C)c1ccc(F)cc1F)NCCc1ccccn1. The van der Waals surface area contributed by atoms with E-state index < -0.39 is 11.6 Å². The normalized spacial score (nSPS) is 12.7. The van der Waals surface area contributed by atoms with Crippen molar-refractivity contribution < 1.29 is 8.78 Å². The monoisotopic (exact) mass is 346 g/mol. The Morgan fingerprint density at radius 3 is 2.72 bits per heavy atom. The van der Waals surface area contributed by atoms with Gasteiger partial charge in [-0.2, -0.15) is 0 Å². The van der Waals surface area contributed by atoms with Crippen molar-refractivity contribution >= 4 is 5.96 Å². The highest BCUT2D eigenvalue weighted by atomic mass is 19.1. The van der Waals surface area contributed by atoms with Gasteiger partial charge in [0.25, 0.3) is 0 Å². The molecular weight excluding hydrogens is 322 g/mol. The lowest BCUT2D eigenvalue weighted by molar-refractivity contribution is 0.560. The maximum atomic E-state index is 13.8. The van der Waals surface area contributed by atoms with E-state index in [1.54, 1.807) is 6.20 Å². The molecule has 0 saturated heterocycles. The number of nitrogens with zero attached hydrogens (tertiary/aromatic N) is 2. The van der Waals surface area contributed by atoms with Crippen molar-refractivity contribution in [2.24, 2.45) is 4.99 Å². The highest BCUT2D eigenvalue weighted by molar-refractivity contribution is 5.79. The molecule has 1 heterocycles. The van der Waals surface area contributed by atoms with Crippen molar-refractivity contribution in [3.8, 4) is 0 Å². The van der Waals surface area contributed by atoms with Gasteiger partial charge in [0.15, 0.2) is 5.96 Å². The molecule has 1 aromatic carbocycles. The van der Waals surface area contributed by atoms with E-state index in [0.29, 0.717) is 24.6 Å². The third-order valence-electron chi connectivity index (χ3n) is 3.76. The molecular formula is C19H24F2N4. The first-order valence-corrected chi connectivity index (χ1v) is 8.47. The highest BCUT2D eigenvalue weighted by Crippen LogP contribution is 2.20. The second kappa shape index (κ2) is 9.71. The van der Waals surface area contributed by atoms with Gasteiger partial charge in [0, 0.05) is 49.9 Å². The molecule has 0 amide bonds. The molecule has 4 nitrogen and oxygen atoms in total. The molecule has 2 aromatic rings. The number of aromatic nitrogens is 1. The molecule has 1 atom stereocenters. The van der Waals surface area contributed by atoms with Crippen LogP contribution < -0.4 is 10.6 Å². The van der Waals surface area contributed by atoms with Gasteiger partial charge in [-0.05, 0) is 30.7 Å². The smallest absolute Gasteiger partial charge is 0.191 e. The number of benzene rings is 1. The van der Waals surface area contributed by atoms with Gasteiger partial charge in [0.05, 0.1) is 0 Å². The Kier molecular flexibility index (Phi) is 7.32. The molecule has 25 heavy (non-hydrogen) atoms. The summed E-state index contributed by atoms with van der Waals surface area (Å²) >= 11 is 0. The Hall–Kier alpha value is -2.50. The molecule has 2 N–H and O–H groups in total. The van der Waals surface area contributed by atoms with Crippen molar-refractivity contribution in [3.05, 3.63) is 65.5 Å². The van der Waals surface area contributed by atoms with Crippen molar-refractivity contribution in [3.63, 3.8) is 0 Å². The number of hydrogen-bond acceptors (Lipinski definition) is 2. The largest absolute Gasteiger partial charge is 0.357 e. The number of pyridine rings is 1. The molecule has 134 valence electrons. The average Bonchev–Trinajstić information content (AvgIpc) is 2.60. The third kappa shape index (κ3) is 6.14. The lowest BCUT2D eigenvalue weighted by Gasteiger charge is -2.14. The van der Waals surface area contributed by atoms with Gasteiger partial charge in [0.2, 0.25) is 0 Å². The molecule has 0 aliphatic rings. The third-order valence-corrected chi connectivity index (χ3v) is 3.76. The van der Waals surface area contributed by atoms with Crippen LogP contribution in [0.3, 0.4) is 0 Å². The first kappa shape index (κ1) is 18.8. The summed E-state index contributed by atoms with van der Waals surface area (Å²) in [5, 5.41) is 6.41. The predicted octanol–water partition coefficient (Wildman–Crippen LogP) is 3.26. The molecule has 0 saturated carbocycles. The van der Waals surface area contributed by atoms with E-state index in [1.807, 2.05) is 32.0 Å². The van der Waals surface area contributed by atoms with E-state index in [0.717, 1.165) is 24.7 Å². The fraction of sp³-hybridized carbons (Fsp3) is 0.368. The first-order chi connectivity index (χ1) is 12.1. The molecule has 1 unspecified atom stereocenters. The number of hydrogen-bond donors (Lipinski definition) is 2. The van der Waals surface area contributed by atoms with Crippen molar-refractivity contribution in [2.45, 2.75) is 26.2 Å². The van der Waals surface area contributed by atoms with Crippen LogP contribution in [0.4, 0.5) is 8.78 Å². The molecule has 1 aromatic heterocycles. The van der Waals surface area contributed by atoms with Crippen LogP contribution in [0, 0.1) is 11.6 Å². The van der Waals surface area contributed by atoms with E-state index in [9.17, 15) is 8.78 Å². The van der Waals surface area contributed by atoms with Crippen LogP contribution in [0.25, 0.3) is 0 Å². The molecule has 0 aliphatic heterocycles. The lowest BCUT2D eigenvalue weighted by Crippen LogP contribution is -2.38. The molecule has 0 bridgehead atoms. The summed E-state index contributed by atoms with van der Waals surface area (Å²) in [6.07, 6.45) is 2.56. The van der Waals surface area contributed by atoms with E-state index in [1.165, 1.54) is 12.1 Å². The van der Waals surface area contributed by atoms with Gasteiger partial charge >= 0.3 is 0 Å². The Morgan fingerprint density at radius 1 is 1.20 bits per heavy atom. The maximum absolute atomic E-state index is 13.8.